The molecule has 0 aliphatic heterocycles. The van der Waals surface area contributed by atoms with E-state index in [-0.39, 0.29) is 0 Å². The lowest BCUT2D eigenvalue weighted by Crippen LogP contribution is -2.29. The molecule has 0 aromatic heterocycles. The molecule has 4 heteroatoms. The maximum atomic E-state index is 10.6. The summed E-state index contributed by atoms with van der Waals surface area (Å²) in [4.78, 5) is 10.6. The minimum Gasteiger partial charge on any atom is -0.496 e. The minimum atomic E-state index is -0.993. The molecule has 0 heterocycles. The topological polar surface area (TPSA) is 72.5 Å². The van der Waals surface area contributed by atoms with Gasteiger partial charge in [-0.2, -0.15) is 0 Å². The molecule has 104 valence electrons. The molecule has 0 spiro atoms. The van der Waals surface area contributed by atoms with E-state index in [1.54, 1.807) is 13.2 Å². The van der Waals surface area contributed by atoms with Gasteiger partial charge in [-0.1, -0.05) is 32.1 Å². The quantitative estimate of drug-likeness (QED) is 0.827. The zero-order valence-corrected chi connectivity index (χ0v) is 11.6. The van der Waals surface area contributed by atoms with Crippen molar-refractivity contribution < 1.29 is 14.6 Å². The molecular formula is C15H21NO3. The van der Waals surface area contributed by atoms with E-state index in [1.165, 1.54) is 5.56 Å². The fourth-order valence-electron chi connectivity index (χ4n) is 1.68. The summed E-state index contributed by atoms with van der Waals surface area (Å²) >= 11 is 0. The van der Waals surface area contributed by atoms with Gasteiger partial charge in [0.05, 0.1) is 7.11 Å². The van der Waals surface area contributed by atoms with Crippen LogP contribution in [0.25, 0.3) is 6.08 Å². The number of carboxylic acid groups (broad SMARTS) is 1. The molecule has 0 bridgehead atoms. The molecule has 0 aliphatic rings. The molecule has 1 rings (SSSR count). The van der Waals surface area contributed by atoms with Gasteiger partial charge in [-0.15, -0.1) is 0 Å². The summed E-state index contributed by atoms with van der Waals surface area (Å²) in [6, 6.07) is 5.14. The van der Waals surface area contributed by atoms with Crippen molar-refractivity contribution in [1.29, 1.82) is 0 Å². The van der Waals surface area contributed by atoms with Crippen molar-refractivity contribution in [2.24, 2.45) is 5.73 Å². The van der Waals surface area contributed by atoms with Crippen molar-refractivity contribution >= 4 is 12.0 Å². The highest BCUT2D eigenvalue weighted by Gasteiger charge is 2.09. The molecule has 19 heavy (non-hydrogen) atoms. The van der Waals surface area contributed by atoms with Crippen LogP contribution in [0, 0.1) is 0 Å². The van der Waals surface area contributed by atoms with Gasteiger partial charge in [0.15, 0.2) is 0 Å². The first-order valence-corrected chi connectivity index (χ1v) is 6.28. The van der Waals surface area contributed by atoms with Crippen LogP contribution in [0.4, 0.5) is 0 Å². The predicted octanol–water partition coefficient (Wildman–Crippen LogP) is 2.63. The first-order valence-electron chi connectivity index (χ1n) is 6.28. The number of benzene rings is 1. The second kappa shape index (κ2) is 6.95. The van der Waals surface area contributed by atoms with Crippen molar-refractivity contribution in [2.75, 3.05) is 7.11 Å². The van der Waals surface area contributed by atoms with Gasteiger partial charge in [-0.3, -0.25) is 4.79 Å². The first-order chi connectivity index (χ1) is 8.95. The van der Waals surface area contributed by atoms with Gasteiger partial charge in [0.25, 0.3) is 0 Å². The Labute approximate surface area is 113 Å². The van der Waals surface area contributed by atoms with E-state index in [0.29, 0.717) is 12.3 Å². The Morgan fingerprint density at radius 3 is 2.68 bits per heavy atom. The van der Waals surface area contributed by atoms with Crippen molar-refractivity contribution in [2.45, 2.75) is 32.2 Å². The Morgan fingerprint density at radius 2 is 2.16 bits per heavy atom. The normalized spacial score (nSPS) is 12.9. The summed E-state index contributed by atoms with van der Waals surface area (Å²) in [7, 11) is 1.62. The average Bonchev–Trinajstić information content (AvgIpc) is 2.38. The van der Waals surface area contributed by atoms with Crippen LogP contribution in [0.1, 0.15) is 37.3 Å². The number of rotatable bonds is 6. The van der Waals surface area contributed by atoms with Gasteiger partial charge in [-0.25, -0.2) is 0 Å². The smallest absolute Gasteiger partial charge is 0.320 e. The SMILES string of the molecule is COc1ccc(C(C)C)cc1/C=C/CC(N)C(=O)O. The monoisotopic (exact) mass is 263 g/mol. The number of carbonyl (C=O) groups is 1. The lowest BCUT2D eigenvalue weighted by Gasteiger charge is -2.10. The zero-order chi connectivity index (χ0) is 14.4. The summed E-state index contributed by atoms with van der Waals surface area (Å²) in [5.74, 6) is 0.205. The molecular weight excluding hydrogens is 242 g/mol. The van der Waals surface area contributed by atoms with Crippen LogP contribution >= 0.6 is 0 Å². The number of ether oxygens (including phenoxy) is 1. The fraction of sp³-hybridized carbons (Fsp3) is 0.400. The number of hydrogen-bond donors (Lipinski definition) is 2. The van der Waals surface area contributed by atoms with Crippen LogP contribution in [0.3, 0.4) is 0 Å². The number of nitrogens with two attached hydrogens (primary N) is 1. The maximum absolute atomic E-state index is 10.6. The van der Waals surface area contributed by atoms with Crippen molar-refractivity contribution in [1.82, 2.24) is 0 Å². The molecule has 1 atom stereocenters. The highest BCUT2D eigenvalue weighted by atomic mass is 16.5. The van der Waals surface area contributed by atoms with Crippen molar-refractivity contribution in [3.05, 3.63) is 35.4 Å². The molecule has 1 unspecified atom stereocenters. The Hall–Kier alpha value is -1.81. The third-order valence-corrected chi connectivity index (χ3v) is 2.93. The second-order valence-electron chi connectivity index (χ2n) is 4.74. The van der Waals surface area contributed by atoms with Crippen LogP contribution in [0.15, 0.2) is 24.3 Å². The Balaban J connectivity index is 2.88. The largest absolute Gasteiger partial charge is 0.496 e. The molecule has 0 aliphatic carbocycles. The molecule has 0 saturated heterocycles. The number of methoxy groups -OCH3 is 1. The van der Waals surface area contributed by atoms with Crippen LogP contribution in [0.2, 0.25) is 0 Å². The lowest BCUT2D eigenvalue weighted by atomic mass is 10.00. The number of aliphatic carboxylic acids is 1. The van der Waals surface area contributed by atoms with E-state index >= 15 is 0 Å². The highest BCUT2D eigenvalue weighted by Crippen LogP contribution is 2.25. The van der Waals surface area contributed by atoms with E-state index < -0.39 is 12.0 Å². The third kappa shape index (κ3) is 4.41. The zero-order valence-electron chi connectivity index (χ0n) is 11.6. The van der Waals surface area contributed by atoms with E-state index in [4.69, 9.17) is 15.6 Å². The Kier molecular flexibility index (Phi) is 5.57. The minimum absolute atomic E-state index is 0.296. The van der Waals surface area contributed by atoms with Gasteiger partial charge >= 0.3 is 5.97 Å². The summed E-state index contributed by atoms with van der Waals surface area (Å²) in [5, 5.41) is 8.71. The van der Waals surface area contributed by atoms with Crippen LogP contribution in [-0.2, 0) is 4.79 Å². The van der Waals surface area contributed by atoms with E-state index in [2.05, 4.69) is 13.8 Å². The Bertz CT molecular complexity index is 466. The molecule has 0 saturated carbocycles. The van der Waals surface area contributed by atoms with Gasteiger partial charge in [0, 0.05) is 5.56 Å². The predicted molar refractivity (Wildman–Crippen MR) is 76.3 cm³/mol. The van der Waals surface area contributed by atoms with E-state index in [9.17, 15) is 4.79 Å². The molecule has 0 amide bonds. The lowest BCUT2D eigenvalue weighted by molar-refractivity contribution is -0.138. The summed E-state index contributed by atoms with van der Waals surface area (Å²) in [6.45, 7) is 4.24. The highest BCUT2D eigenvalue weighted by molar-refractivity contribution is 5.73. The van der Waals surface area contributed by atoms with Crippen LogP contribution in [-0.4, -0.2) is 24.2 Å². The van der Waals surface area contributed by atoms with Crippen molar-refractivity contribution in [3.8, 4) is 5.75 Å². The summed E-state index contributed by atoms with van der Waals surface area (Å²) in [6.07, 6.45) is 3.92. The third-order valence-electron chi connectivity index (χ3n) is 2.93. The molecule has 1 aromatic carbocycles. The number of carboxylic acids is 1. The molecule has 1 aromatic rings. The van der Waals surface area contributed by atoms with Gasteiger partial charge in [0.2, 0.25) is 0 Å². The van der Waals surface area contributed by atoms with Crippen molar-refractivity contribution in [3.63, 3.8) is 0 Å². The molecule has 0 fully saturated rings. The molecule has 3 N–H and O–H groups in total. The van der Waals surface area contributed by atoms with Gasteiger partial charge in [-0.05, 0) is 30.0 Å². The van der Waals surface area contributed by atoms with Crippen LogP contribution < -0.4 is 10.5 Å². The van der Waals surface area contributed by atoms with Crippen LogP contribution in [0.5, 0.6) is 5.75 Å². The Morgan fingerprint density at radius 1 is 1.47 bits per heavy atom. The fourth-order valence-corrected chi connectivity index (χ4v) is 1.68. The van der Waals surface area contributed by atoms with E-state index in [0.717, 1.165) is 11.3 Å². The molecule has 0 radical (unpaired) electrons. The standard InChI is InChI=1S/C15H21NO3/c1-10(2)11-7-8-14(19-3)12(9-11)5-4-6-13(16)15(17)18/h4-5,7-10,13H,6,16H2,1-3H3,(H,17,18)/b5-4+. The second-order valence-corrected chi connectivity index (χ2v) is 4.74. The summed E-state index contributed by atoms with van der Waals surface area (Å²) < 4.78 is 5.29. The first kappa shape index (κ1) is 15.2. The summed E-state index contributed by atoms with van der Waals surface area (Å²) in [5.41, 5.74) is 7.59. The number of hydrogen-bond acceptors (Lipinski definition) is 3. The van der Waals surface area contributed by atoms with Gasteiger partial charge < -0.3 is 15.6 Å². The van der Waals surface area contributed by atoms with E-state index in [1.807, 2.05) is 24.3 Å². The molecule has 4 nitrogen and oxygen atoms in total. The maximum Gasteiger partial charge on any atom is 0.320 e. The average molecular weight is 263 g/mol. The van der Waals surface area contributed by atoms with Gasteiger partial charge in [0.1, 0.15) is 11.8 Å².